The first-order chi connectivity index (χ1) is 6.83. The first-order valence-corrected chi connectivity index (χ1v) is 4.44. The molecular formula is C11H11NO2. The van der Waals surface area contributed by atoms with Gasteiger partial charge in [0.2, 0.25) is 0 Å². The van der Waals surface area contributed by atoms with Crippen molar-refractivity contribution < 1.29 is 9.21 Å². The molecule has 0 radical (unpaired) electrons. The lowest BCUT2D eigenvalue weighted by molar-refractivity contribution is -0.106. The van der Waals surface area contributed by atoms with Crippen LogP contribution in [0.1, 0.15) is 0 Å². The Bertz CT molecular complexity index is 447. The normalized spacial score (nSPS) is 10.4. The predicted molar refractivity (Wildman–Crippen MR) is 55.5 cm³/mol. The van der Waals surface area contributed by atoms with Gasteiger partial charge < -0.3 is 14.1 Å². The number of furan rings is 1. The molecule has 0 N–H and O–H groups in total. The molecule has 0 aliphatic carbocycles. The molecule has 0 unspecified atom stereocenters. The molecule has 0 amide bonds. The van der Waals surface area contributed by atoms with Gasteiger partial charge in [0.15, 0.2) is 0 Å². The Hall–Kier alpha value is -1.77. The fraction of sp³-hybridized carbons (Fsp3) is 0.182. The molecule has 14 heavy (non-hydrogen) atoms. The number of hydrogen-bond acceptors (Lipinski definition) is 3. The molecule has 1 aromatic carbocycles. The fourth-order valence-corrected chi connectivity index (χ4v) is 1.47. The highest BCUT2D eigenvalue weighted by Crippen LogP contribution is 2.27. The van der Waals surface area contributed by atoms with Crippen molar-refractivity contribution in [3.63, 3.8) is 0 Å². The van der Waals surface area contributed by atoms with Crippen LogP contribution in [0.3, 0.4) is 0 Å². The molecule has 0 bridgehead atoms. The van der Waals surface area contributed by atoms with E-state index in [4.69, 9.17) is 4.42 Å². The molecule has 1 aromatic heterocycles. The van der Waals surface area contributed by atoms with Crippen molar-refractivity contribution in [1.82, 2.24) is 0 Å². The number of hydrogen-bond donors (Lipinski definition) is 0. The van der Waals surface area contributed by atoms with E-state index in [1.807, 2.05) is 36.2 Å². The number of fused-ring (bicyclic) bond motifs is 1. The van der Waals surface area contributed by atoms with E-state index in [1.54, 1.807) is 6.26 Å². The highest BCUT2D eigenvalue weighted by atomic mass is 16.3. The third-order valence-electron chi connectivity index (χ3n) is 2.22. The number of carbonyl (C=O) groups excluding carboxylic acids is 1. The Balaban J connectivity index is 2.47. The van der Waals surface area contributed by atoms with Crippen molar-refractivity contribution in [2.45, 2.75) is 0 Å². The van der Waals surface area contributed by atoms with Crippen LogP contribution in [0.5, 0.6) is 0 Å². The summed E-state index contributed by atoms with van der Waals surface area (Å²) >= 11 is 0. The van der Waals surface area contributed by atoms with E-state index in [-0.39, 0.29) is 0 Å². The van der Waals surface area contributed by atoms with Gasteiger partial charge in [0.1, 0.15) is 18.1 Å². The highest BCUT2D eigenvalue weighted by molar-refractivity contribution is 5.91. The zero-order chi connectivity index (χ0) is 9.97. The number of rotatable bonds is 3. The van der Waals surface area contributed by atoms with Crippen molar-refractivity contribution >= 4 is 22.9 Å². The van der Waals surface area contributed by atoms with Gasteiger partial charge in [0.25, 0.3) is 0 Å². The maximum absolute atomic E-state index is 10.4. The number of carbonyl (C=O) groups is 1. The predicted octanol–water partition coefficient (Wildman–Crippen LogP) is 2.07. The van der Waals surface area contributed by atoms with E-state index >= 15 is 0 Å². The lowest BCUT2D eigenvalue weighted by Crippen LogP contribution is -2.18. The Morgan fingerprint density at radius 1 is 1.43 bits per heavy atom. The van der Waals surface area contributed by atoms with E-state index in [0.29, 0.717) is 6.54 Å². The number of benzene rings is 1. The lowest BCUT2D eigenvalue weighted by atomic mass is 10.2. The van der Waals surface area contributed by atoms with Gasteiger partial charge in [-0.25, -0.2) is 0 Å². The quantitative estimate of drug-likeness (QED) is 0.693. The largest absolute Gasteiger partial charge is 0.462 e. The minimum absolute atomic E-state index is 0.378. The molecule has 1 heterocycles. The van der Waals surface area contributed by atoms with Crippen molar-refractivity contribution in [3.8, 4) is 0 Å². The van der Waals surface area contributed by atoms with Crippen molar-refractivity contribution in [2.75, 3.05) is 18.5 Å². The molecule has 3 nitrogen and oxygen atoms in total. The van der Waals surface area contributed by atoms with Crippen LogP contribution in [-0.4, -0.2) is 19.9 Å². The summed E-state index contributed by atoms with van der Waals surface area (Å²) in [6.45, 7) is 0.378. The number of nitrogens with zero attached hydrogens (tertiary/aromatic N) is 1. The lowest BCUT2D eigenvalue weighted by Gasteiger charge is -2.12. The van der Waals surface area contributed by atoms with Gasteiger partial charge in [-0.1, -0.05) is 12.1 Å². The Morgan fingerprint density at radius 2 is 2.21 bits per heavy atom. The average Bonchev–Trinajstić information content (AvgIpc) is 2.61. The van der Waals surface area contributed by atoms with Gasteiger partial charge in [-0.05, 0) is 12.1 Å². The summed E-state index contributed by atoms with van der Waals surface area (Å²) in [6, 6.07) is 7.77. The molecule has 0 fully saturated rings. The van der Waals surface area contributed by atoms with Crippen LogP contribution >= 0.6 is 0 Å². The molecule has 0 saturated heterocycles. The fourth-order valence-electron chi connectivity index (χ4n) is 1.47. The summed E-state index contributed by atoms with van der Waals surface area (Å²) in [5.74, 6) is 0. The number of para-hydroxylation sites is 1. The third-order valence-corrected chi connectivity index (χ3v) is 2.22. The van der Waals surface area contributed by atoms with Crippen LogP contribution in [0.2, 0.25) is 0 Å². The molecule has 2 aromatic rings. The first kappa shape index (κ1) is 8.81. The molecular weight excluding hydrogens is 178 g/mol. The standard InChI is InChI=1S/C11H11NO2/c1-12(6-7-13)10-8-14-11-5-3-2-4-9(10)11/h2-5,7-8H,6H2,1H3. The molecule has 0 atom stereocenters. The average molecular weight is 189 g/mol. The minimum atomic E-state index is 0.378. The summed E-state index contributed by atoms with van der Waals surface area (Å²) < 4.78 is 5.36. The van der Waals surface area contributed by atoms with Gasteiger partial charge in [0.05, 0.1) is 12.2 Å². The monoisotopic (exact) mass is 189 g/mol. The number of aldehydes is 1. The molecule has 72 valence electrons. The second-order valence-corrected chi connectivity index (χ2v) is 3.16. The number of likely N-dealkylation sites (N-methyl/N-ethyl adjacent to an activating group) is 1. The molecule has 0 aliphatic heterocycles. The van der Waals surface area contributed by atoms with Crippen LogP contribution in [0.25, 0.3) is 11.0 Å². The first-order valence-electron chi connectivity index (χ1n) is 4.44. The van der Waals surface area contributed by atoms with Crippen molar-refractivity contribution in [2.24, 2.45) is 0 Å². The van der Waals surface area contributed by atoms with Gasteiger partial charge in [-0.15, -0.1) is 0 Å². The van der Waals surface area contributed by atoms with Gasteiger partial charge in [-0.3, -0.25) is 0 Å². The van der Waals surface area contributed by atoms with Crippen LogP contribution in [-0.2, 0) is 4.79 Å². The van der Waals surface area contributed by atoms with Gasteiger partial charge >= 0.3 is 0 Å². The minimum Gasteiger partial charge on any atom is -0.462 e. The SMILES string of the molecule is CN(CC=O)c1coc2ccccc12. The van der Waals surface area contributed by atoms with Crippen LogP contribution in [0.15, 0.2) is 34.9 Å². The Morgan fingerprint density at radius 3 is 3.00 bits per heavy atom. The van der Waals surface area contributed by atoms with E-state index in [0.717, 1.165) is 22.9 Å². The van der Waals surface area contributed by atoms with E-state index in [9.17, 15) is 4.79 Å². The van der Waals surface area contributed by atoms with Gasteiger partial charge in [-0.2, -0.15) is 0 Å². The summed E-state index contributed by atoms with van der Waals surface area (Å²) in [4.78, 5) is 12.2. The van der Waals surface area contributed by atoms with Crippen LogP contribution in [0, 0.1) is 0 Å². The Labute approximate surface area is 81.9 Å². The topological polar surface area (TPSA) is 33.5 Å². The molecule has 0 spiro atoms. The van der Waals surface area contributed by atoms with Crippen molar-refractivity contribution in [1.29, 1.82) is 0 Å². The summed E-state index contributed by atoms with van der Waals surface area (Å²) in [5, 5.41) is 1.04. The third kappa shape index (κ3) is 1.37. The molecule has 2 rings (SSSR count). The summed E-state index contributed by atoms with van der Waals surface area (Å²) in [6.07, 6.45) is 2.55. The molecule has 3 heteroatoms. The summed E-state index contributed by atoms with van der Waals surface area (Å²) in [5.41, 5.74) is 1.80. The van der Waals surface area contributed by atoms with E-state index in [2.05, 4.69) is 0 Å². The van der Waals surface area contributed by atoms with Crippen molar-refractivity contribution in [3.05, 3.63) is 30.5 Å². The Kier molecular flexibility index (Phi) is 2.23. The summed E-state index contributed by atoms with van der Waals surface area (Å²) in [7, 11) is 1.87. The second kappa shape index (κ2) is 3.54. The van der Waals surface area contributed by atoms with Crippen LogP contribution in [0.4, 0.5) is 5.69 Å². The zero-order valence-corrected chi connectivity index (χ0v) is 7.93. The molecule has 0 saturated carbocycles. The van der Waals surface area contributed by atoms with Crippen LogP contribution < -0.4 is 4.90 Å². The number of anilines is 1. The maximum Gasteiger partial charge on any atom is 0.139 e. The molecule has 0 aliphatic rings. The smallest absolute Gasteiger partial charge is 0.139 e. The zero-order valence-electron chi connectivity index (χ0n) is 7.93. The van der Waals surface area contributed by atoms with E-state index < -0.39 is 0 Å². The maximum atomic E-state index is 10.4. The second-order valence-electron chi connectivity index (χ2n) is 3.16. The van der Waals surface area contributed by atoms with Gasteiger partial charge in [0, 0.05) is 12.4 Å². The highest BCUT2D eigenvalue weighted by Gasteiger charge is 2.08. The van der Waals surface area contributed by atoms with E-state index in [1.165, 1.54) is 0 Å².